The van der Waals surface area contributed by atoms with Crippen molar-refractivity contribution < 1.29 is 14.0 Å². The minimum atomic E-state index is -0.592. The Hall–Kier alpha value is -1.47. The average Bonchev–Trinajstić information content (AvgIpc) is 2.57. The number of benzene rings is 2. The first kappa shape index (κ1) is 19.8. The first-order valence-electron chi connectivity index (χ1n) is 6.95. The van der Waals surface area contributed by atoms with Gasteiger partial charge in [-0.15, -0.1) is 11.8 Å². The van der Waals surface area contributed by atoms with E-state index in [0.717, 1.165) is 0 Å². The van der Waals surface area contributed by atoms with E-state index in [9.17, 15) is 14.0 Å². The van der Waals surface area contributed by atoms with Crippen LogP contribution in [0.15, 0.2) is 41.3 Å². The van der Waals surface area contributed by atoms with Crippen molar-refractivity contribution in [3.63, 3.8) is 0 Å². The summed E-state index contributed by atoms with van der Waals surface area (Å²) in [6, 6.07) is 9.04. The van der Waals surface area contributed by atoms with Crippen LogP contribution < -0.4 is 10.9 Å². The Kier molecular flexibility index (Phi) is 7.38. The van der Waals surface area contributed by atoms with Crippen molar-refractivity contribution in [3.8, 4) is 0 Å². The normalized spacial score (nSPS) is 10.4. The van der Waals surface area contributed by atoms with E-state index in [1.807, 2.05) is 0 Å². The molecule has 0 aromatic heterocycles. The summed E-state index contributed by atoms with van der Waals surface area (Å²) < 4.78 is 13.6. The van der Waals surface area contributed by atoms with E-state index in [4.69, 9.17) is 34.8 Å². The quantitative estimate of drug-likeness (QED) is 0.560. The van der Waals surface area contributed by atoms with E-state index in [2.05, 4.69) is 10.9 Å². The number of hydrogen-bond acceptors (Lipinski definition) is 3. The Labute approximate surface area is 163 Å². The third kappa shape index (κ3) is 6.08. The van der Waals surface area contributed by atoms with Gasteiger partial charge in [-0.25, -0.2) is 4.39 Å². The molecule has 9 heteroatoms. The van der Waals surface area contributed by atoms with Crippen LogP contribution in [0.5, 0.6) is 0 Å². The molecule has 132 valence electrons. The maximum atomic E-state index is 13.6. The molecule has 0 fully saturated rings. The van der Waals surface area contributed by atoms with E-state index in [1.165, 1.54) is 30.0 Å². The Morgan fingerprint density at radius 3 is 2.44 bits per heavy atom. The standard InChI is InChI=1S/C16H12Cl3FN2O2S/c17-9-4-5-12(19)14(6-9)25-8-16(24)22-21-15(23)7-10-11(18)2-1-3-13(10)20/h1-6H,7-8H2,(H,21,23)(H,22,24). The van der Waals surface area contributed by atoms with Crippen molar-refractivity contribution in [2.24, 2.45) is 0 Å². The number of carbonyl (C=O) groups excluding carboxylic acids is 2. The highest BCUT2D eigenvalue weighted by molar-refractivity contribution is 8.00. The van der Waals surface area contributed by atoms with Gasteiger partial charge in [0.25, 0.3) is 0 Å². The molecule has 2 aromatic rings. The number of amides is 2. The zero-order chi connectivity index (χ0) is 18.4. The molecule has 25 heavy (non-hydrogen) atoms. The van der Waals surface area contributed by atoms with Gasteiger partial charge in [-0.1, -0.05) is 40.9 Å². The minimum Gasteiger partial charge on any atom is -0.273 e. The highest BCUT2D eigenvalue weighted by atomic mass is 35.5. The summed E-state index contributed by atoms with van der Waals surface area (Å²) in [5.41, 5.74) is 4.52. The molecular weight excluding hydrogens is 410 g/mol. The van der Waals surface area contributed by atoms with Gasteiger partial charge in [-0.3, -0.25) is 20.4 Å². The molecule has 0 radical (unpaired) electrons. The van der Waals surface area contributed by atoms with Crippen LogP contribution in [0, 0.1) is 5.82 Å². The smallest absolute Gasteiger partial charge is 0.248 e. The summed E-state index contributed by atoms with van der Waals surface area (Å²) in [5.74, 6) is -1.61. The monoisotopic (exact) mass is 420 g/mol. The average molecular weight is 422 g/mol. The Morgan fingerprint density at radius 1 is 1.00 bits per heavy atom. The molecule has 0 aliphatic carbocycles. The predicted octanol–water partition coefficient (Wildman–Crippen LogP) is 4.27. The number of hydrogen-bond donors (Lipinski definition) is 2. The fraction of sp³-hybridized carbons (Fsp3) is 0.125. The summed E-state index contributed by atoms with van der Waals surface area (Å²) in [6.07, 6.45) is -0.293. The van der Waals surface area contributed by atoms with E-state index in [0.29, 0.717) is 14.9 Å². The Morgan fingerprint density at radius 2 is 1.72 bits per heavy atom. The van der Waals surface area contributed by atoms with Crippen molar-refractivity contribution in [3.05, 3.63) is 62.8 Å². The highest BCUT2D eigenvalue weighted by Gasteiger charge is 2.13. The third-order valence-electron chi connectivity index (χ3n) is 2.99. The van der Waals surface area contributed by atoms with Gasteiger partial charge in [-0.2, -0.15) is 0 Å². The van der Waals surface area contributed by atoms with Gasteiger partial charge >= 0.3 is 0 Å². The second-order valence-electron chi connectivity index (χ2n) is 4.84. The zero-order valence-corrected chi connectivity index (χ0v) is 15.7. The number of thioether (sulfide) groups is 1. The van der Waals surface area contributed by atoms with Gasteiger partial charge in [0.1, 0.15) is 5.82 Å². The highest BCUT2D eigenvalue weighted by Crippen LogP contribution is 2.29. The van der Waals surface area contributed by atoms with Crippen LogP contribution in [0.25, 0.3) is 0 Å². The van der Waals surface area contributed by atoms with Crippen molar-refractivity contribution in [1.82, 2.24) is 10.9 Å². The fourth-order valence-electron chi connectivity index (χ4n) is 1.81. The molecule has 0 aliphatic heterocycles. The van der Waals surface area contributed by atoms with Crippen LogP contribution in [0.2, 0.25) is 15.1 Å². The lowest BCUT2D eigenvalue weighted by atomic mass is 10.1. The van der Waals surface area contributed by atoms with Crippen molar-refractivity contribution in [2.75, 3.05) is 5.75 Å². The molecule has 0 atom stereocenters. The molecule has 0 unspecified atom stereocenters. The van der Waals surface area contributed by atoms with Crippen LogP contribution in [0.4, 0.5) is 4.39 Å². The molecule has 2 amide bonds. The number of nitrogens with one attached hydrogen (secondary N) is 2. The topological polar surface area (TPSA) is 58.2 Å². The summed E-state index contributed by atoms with van der Waals surface area (Å²) in [7, 11) is 0. The van der Waals surface area contributed by atoms with Gasteiger partial charge in [0.15, 0.2) is 0 Å². The maximum Gasteiger partial charge on any atom is 0.248 e. The molecule has 0 saturated carbocycles. The molecule has 4 nitrogen and oxygen atoms in total. The number of rotatable bonds is 5. The van der Waals surface area contributed by atoms with Crippen LogP contribution >= 0.6 is 46.6 Å². The maximum absolute atomic E-state index is 13.6. The van der Waals surface area contributed by atoms with E-state index in [1.54, 1.807) is 18.2 Å². The molecule has 2 N–H and O–H groups in total. The minimum absolute atomic E-state index is 0.0147. The van der Waals surface area contributed by atoms with Gasteiger partial charge in [0.2, 0.25) is 11.8 Å². The van der Waals surface area contributed by atoms with Crippen LogP contribution in [-0.2, 0) is 16.0 Å². The second-order valence-corrected chi connectivity index (χ2v) is 7.10. The molecule has 0 heterocycles. The predicted molar refractivity (Wildman–Crippen MR) is 98.6 cm³/mol. The Balaban J connectivity index is 1.81. The van der Waals surface area contributed by atoms with Crippen molar-refractivity contribution in [1.29, 1.82) is 0 Å². The molecule has 0 saturated heterocycles. The largest absolute Gasteiger partial charge is 0.273 e. The van der Waals surface area contributed by atoms with Gasteiger partial charge in [0.05, 0.1) is 17.2 Å². The SMILES string of the molecule is O=C(CSc1cc(Cl)ccc1Cl)NNC(=O)Cc1c(F)cccc1Cl. The lowest BCUT2D eigenvalue weighted by Crippen LogP contribution is -2.43. The first-order valence-corrected chi connectivity index (χ1v) is 9.07. The van der Waals surface area contributed by atoms with Gasteiger partial charge in [-0.05, 0) is 30.3 Å². The fourth-order valence-corrected chi connectivity index (χ4v) is 3.34. The summed E-state index contributed by atoms with van der Waals surface area (Å²) in [5, 5.41) is 1.12. The van der Waals surface area contributed by atoms with Crippen molar-refractivity contribution in [2.45, 2.75) is 11.3 Å². The van der Waals surface area contributed by atoms with E-state index < -0.39 is 17.6 Å². The third-order valence-corrected chi connectivity index (χ3v) is 5.08. The van der Waals surface area contributed by atoms with E-state index in [-0.39, 0.29) is 22.8 Å². The summed E-state index contributed by atoms with van der Waals surface area (Å²) in [6.45, 7) is 0. The molecule has 2 aromatic carbocycles. The van der Waals surface area contributed by atoms with Crippen LogP contribution in [-0.4, -0.2) is 17.6 Å². The van der Waals surface area contributed by atoms with Gasteiger partial charge in [0, 0.05) is 20.5 Å². The molecule has 0 aliphatic rings. The van der Waals surface area contributed by atoms with Crippen LogP contribution in [0.1, 0.15) is 5.56 Å². The number of carbonyl (C=O) groups is 2. The summed E-state index contributed by atoms with van der Waals surface area (Å²) >= 11 is 18.9. The zero-order valence-electron chi connectivity index (χ0n) is 12.6. The first-order chi connectivity index (χ1) is 11.9. The number of halogens is 4. The van der Waals surface area contributed by atoms with Crippen molar-refractivity contribution >= 4 is 58.4 Å². The molecule has 2 rings (SSSR count). The lowest BCUT2D eigenvalue weighted by Gasteiger charge is -2.09. The van der Waals surface area contributed by atoms with E-state index >= 15 is 0 Å². The molecule has 0 spiro atoms. The Bertz CT molecular complexity index is 785. The second kappa shape index (κ2) is 9.29. The molecular formula is C16H12Cl3FN2O2S. The lowest BCUT2D eigenvalue weighted by molar-refractivity contribution is -0.127. The van der Waals surface area contributed by atoms with Gasteiger partial charge < -0.3 is 0 Å². The summed E-state index contributed by atoms with van der Waals surface area (Å²) in [4.78, 5) is 24.2. The van der Waals surface area contributed by atoms with Crippen LogP contribution in [0.3, 0.4) is 0 Å². The molecule has 0 bridgehead atoms. The number of hydrazine groups is 1.